The molecule has 1 aliphatic heterocycles. The molecule has 0 bridgehead atoms. The zero-order valence-electron chi connectivity index (χ0n) is 11.6. The average molecular weight is 287 g/mol. The maximum atomic E-state index is 12.5. The summed E-state index contributed by atoms with van der Waals surface area (Å²) >= 11 is 0. The van der Waals surface area contributed by atoms with E-state index in [1.807, 2.05) is 7.05 Å². The Morgan fingerprint density at radius 3 is 2.68 bits per heavy atom. The minimum atomic E-state index is -3.59. The zero-order valence-corrected chi connectivity index (χ0v) is 12.4. The number of likely N-dealkylation sites (tertiary alicyclic amines) is 1. The number of anilines is 1. The molecule has 0 spiro atoms. The van der Waals surface area contributed by atoms with Crippen molar-refractivity contribution in [2.24, 2.45) is 7.05 Å². The number of nitrogens with zero attached hydrogens (tertiary/aromatic N) is 4. The van der Waals surface area contributed by atoms with Gasteiger partial charge in [0, 0.05) is 26.7 Å². The molecule has 0 saturated carbocycles. The van der Waals surface area contributed by atoms with Crippen LogP contribution in [0.3, 0.4) is 0 Å². The summed E-state index contributed by atoms with van der Waals surface area (Å²) < 4.78 is 27.8. The SMILES string of the molecule is CN1CCCC1CN(C)S(=O)(=O)c1c(N)ncn1C. The lowest BCUT2D eigenvalue weighted by molar-refractivity contribution is 0.270. The highest BCUT2D eigenvalue weighted by Crippen LogP contribution is 2.22. The molecule has 1 fully saturated rings. The van der Waals surface area contributed by atoms with Crippen LogP contribution in [-0.4, -0.2) is 60.4 Å². The quantitative estimate of drug-likeness (QED) is 0.823. The maximum Gasteiger partial charge on any atom is 0.262 e. The fourth-order valence-electron chi connectivity index (χ4n) is 2.50. The Labute approximate surface area is 114 Å². The van der Waals surface area contributed by atoms with Crippen molar-refractivity contribution in [2.75, 3.05) is 32.9 Å². The summed E-state index contributed by atoms with van der Waals surface area (Å²) in [5.41, 5.74) is 5.65. The topological polar surface area (TPSA) is 84.5 Å². The van der Waals surface area contributed by atoms with Gasteiger partial charge in [0.2, 0.25) is 0 Å². The van der Waals surface area contributed by atoms with Crippen molar-refractivity contribution in [3.8, 4) is 0 Å². The van der Waals surface area contributed by atoms with Crippen molar-refractivity contribution < 1.29 is 8.42 Å². The highest BCUT2D eigenvalue weighted by Gasteiger charge is 2.31. The van der Waals surface area contributed by atoms with Crippen LogP contribution in [-0.2, 0) is 17.1 Å². The molecule has 1 aliphatic rings. The Morgan fingerprint density at radius 2 is 2.21 bits per heavy atom. The normalized spacial score (nSPS) is 21.4. The number of likely N-dealkylation sites (N-methyl/N-ethyl adjacent to an activating group) is 2. The number of nitrogen functional groups attached to an aromatic ring is 1. The Balaban J connectivity index is 2.20. The van der Waals surface area contributed by atoms with E-state index in [0.717, 1.165) is 19.4 Å². The standard InChI is InChI=1S/C11H21N5O2S/c1-14-6-4-5-9(14)7-16(3)19(17,18)11-10(12)13-8-15(11)2/h8-9H,4-7,12H2,1-3H3. The molecule has 0 radical (unpaired) electrons. The van der Waals surface area contributed by atoms with Gasteiger partial charge in [0.1, 0.15) is 0 Å². The number of imidazole rings is 1. The van der Waals surface area contributed by atoms with Crippen LogP contribution in [0.1, 0.15) is 12.8 Å². The van der Waals surface area contributed by atoms with Gasteiger partial charge in [-0.3, -0.25) is 0 Å². The number of rotatable bonds is 4. The van der Waals surface area contributed by atoms with Crippen LogP contribution >= 0.6 is 0 Å². The van der Waals surface area contributed by atoms with Crippen molar-refractivity contribution in [2.45, 2.75) is 23.9 Å². The first-order valence-corrected chi connectivity index (χ1v) is 7.71. The molecule has 1 saturated heterocycles. The van der Waals surface area contributed by atoms with Gasteiger partial charge >= 0.3 is 0 Å². The molecular formula is C11H21N5O2S. The van der Waals surface area contributed by atoms with Gasteiger partial charge in [0.15, 0.2) is 10.8 Å². The van der Waals surface area contributed by atoms with Crippen molar-refractivity contribution in [1.29, 1.82) is 0 Å². The molecule has 108 valence electrons. The predicted molar refractivity (Wildman–Crippen MR) is 73.1 cm³/mol. The number of aryl methyl sites for hydroxylation is 1. The summed E-state index contributed by atoms with van der Waals surface area (Å²) in [4.78, 5) is 6.03. The highest BCUT2D eigenvalue weighted by molar-refractivity contribution is 7.89. The van der Waals surface area contributed by atoms with E-state index in [9.17, 15) is 8.42 Å². The third kappa shape index (κ3) is 2.60. The van der Waals surface area contributed by atoms with Gasteiger partial charge in [0.25, 0.3) is 10.0 Å². The lowest BCUT2D eigenvalue weighted by atomic mass is 10.2. The molecule has 8 heteroatoms. The molecule has 1 atom stereocenters. The van der Waals surface area contributed by atoms with Crippen molar-refractivity contribution in [3.63, 3.8) is 0 Å². The van der Waals surface area contributed by atoms with Crippen LogP contribution < -0.4 is 5.73 Å². The molecule has 0 aromatic carbocycles. The van der Waals surface area contributed by atoms with E-state index in [0.29, 0.717) is 6.54 Å². The van der Waals surface area contributed by atoms with Gasteiger partial charge in [0.05, 0.1) is 6.33 Å². The molecule has 1 aromatic heterocycles. The number of hydrogen-bond donors (Lipinski definition) is 1. The molecular weight excluding hydrogens is 266 g/mol. The minimum absolute atomic E-state index is 0.0501. The van der Waals surface area contributed by atoms with Gasteiger partial charge in [-0.1, -0.05) is 0 Å². The molecule has 2 N–H and O–H groups in total. The summed E-state index contributed by atoms with van der Waals surface area (Å²) in [6.07, 6.45) is 3.55. The first kappa shape index (κ1) is 14.3. The fourth-order valence-corrected chi connectivity index (χ4v) is 3.90. The van der Waals surface area contributed by atoms with Crippen molar-refractivity contribution in [1.82, 2.24) is 18.8 Å². The van der Waals surface area contributed by atoms with Crippen LogP contribution in [0.5, 0.6) is 0 Å². The number of sulfonamides is 1. The Kier molecular flexibility index (Phi) is 3.84. The van der Waals surface area contributed by atoms with Crippen LogP contribution in [0.15, 0.2) is 11.4 Å². The third-order valence-corrected chi connectivity index (χ3v) is 5.66. The summed E-state index contributed by atoms with van der Waals surface area (Å²) in [5.74, 6) is 0.0501. The number of nitrogens with two attached hydrogens (primary N) is 1. The van der Waals surface area contributed by atoms with Crippen molar-refractivity contribution >= 4 is 15.8 Å². The van der Waals surface area contributed by atoms with Gasteiger partial charge in [-0.25, -0.2) is 13.4 Å². The molecule has 0 aliphatic carbocycles. The summed E-state index contributed by atoms with van der Waals surface area (Å²) in [6, 6.07) is 0.272. The second kappa shape index (κ2) is 5.10. The summed E-state index contributed by atoms with van der Waals surface area (Å²) in [7, 11) is 1.66. The third-order valence-electron chi connectivity index (χ3n) is 3.70. The first-order valence-electron chi connectivity index (χ1n) is 6.27. The monoisotopic (exact) mass is 287 g/mol. The number of aromatic nitrogens is 2. The Hall–Kier alpha value is -1.12. The van der Waals surface area contributed by atoms with Gasteiger partial charge in [-0.2, -0.15) is 4.31 Å². The second-order valence-corrected chi connectivity index (χ2v) is 7.07. The van der Waals surface area contributed by atoms with Gasteiger partial charge < -0.3 is 15.2 Å². The Morgan fingerprint density at radius 1 is 1.53 bits per heavy atom. The second-order valence-electron chi connectivity index (χ2n) is 5.11. The van der Waals surface area contributed by atoms with Crippen LogP contribution in [0, 0.1) is 0 Å². The van der Waals surface area contributed by atoms with E-state index in [2.05, 4.69) is 9.88 Å². The van der Waals surface area contributed by atoms with Gasteiger partial charge in [-0.15, -0.1) is 0 Å². The van der Waals surface area contributed by atoms with E-state index < -0.39 is 10.0 Å². The largest absolute Gasteiger partial charge is 0.381 e. The zero-order chi connectivity index (χ0) is 14.2. The van der Waals surface area contributed by atoms with E-state index in [-0.39, 0.29) is 16.9 Å². The van der Waals surface area contributed by atoms with Crippen LogP contribution in [0.25, 0.3) is 0 Å². The molecule has 19 heavy (non-hydrogen) atoms. The highest BCUT2D eigenvalue weighted by atomic mass is 32.2. The first-order chi connectivity index (χ1) is 8.84. The lowest BCUT2D eigenvalue weighted by Crippen LogP contribution is -2.40. The van der Waals surface area contributed by atoms with Gasteiger partial charge in [-0.05, 0) is 26.4 Å². The molecule has 2 heterocycles. The molecule has 0 amide bonds. The van der Waals surface area contributed by atoms with E-state index in [4.69, 9.17) is 5.73 Å². The fraction of sp³-hybridized carbons (Fsp3) is 0.727. The lowest BCUT2D eigenvalue weighted by Gasteiger charge is -2.25. The van der Waals surface area contributed by atoms with Crippen molar-refractivity contribution in [3.05, 3.63) is 6.33 Å². The van der Waals surface area contributed by atoms with E-state index in [1.165, 1.54) is 15.2 Å². The van der Waals surface area contributed by atoms with E-state index in [1.54, 1.807) is 14.1 Å². The maximum absolute atomic E-state index is 12.5. The molecule has 1 unspecified atom stereocenters. The van der Waals surface area contributed by atoms with E-state index >= 15 is 0 Å². The Bertz CT molecular complexity index is 534. The molecule has 1 aromatic rings. The smallest absolute Gasteiger partial charge is 0.262 e. The minimum Gasteiger partial charge on any atom is -0.381 e. The molecule has 2 rings (SSSR count). The van der Waals surface area contributed by atoms with Crippen LogP contribution in [0.4, 0.5) is 5.82 Å². The summed E-state index contributed by atoms with van der Waals surface area (Å²) in [6.45, 7) is 1.50. The number of hydrogen-bond acceptors (Lipinski definition) is 5. The average Bonchev–Trinajstić information content (AvgIpc) is 2.86. The predicted octanol–water partition coefficient (Wildman–Crippen LogP) is -0.283. The summed E-state index contributed by atoms with van der Waals surface area (Å²) in [5, 5.41) is 0.0654. The van der Waals surface area contributed by atoms with Crippen LogP contribution in [0.2, 0.25) is 0 Å². The molecule has 7 nitrogen and oxygen atoms in total.